The van der Waals surface area contributed by atoms with Gasteiger partial charge >= 0.3 is 12.4 Å². The number of carbonyl (C=O) groups excluding carboxylic acids is 2. The summed E-state index contributed by atoms with van der Waals surface area (Å²) >= 11 is 0. The second-order valence-electron chi connectivity index (χ2n) is 11.1. The number of pyridine rings is 2. The van der Waals surface area contributed by atoms with Crippen LogP contribution in [0.1, 0.15) is 11.5 Å². The molecular weight excluding hydrogens is 646 g/mol. The average Bonchev–Trinajstić information content (AvgIpc) is 3.68. The molecule has 10 nitrogen and oxygen atoms in total. The molecular formula is C32H28F6N6O4+2. The molecule has 0 saturated carbocycles. The molecule has 48 heavy (non-hydrogen) atoms. The number of oxazole rings is 2. The number of benzene rings is 1. The first-order chi connectivity index (χ1) is 22.5. The summed E-state index contributed by atoms with van der Waals surface area (Å²) in [7, 11) is 6.32. The normalized spacial score (nSPS) is 11.9. The minimum Gasteiger partial charge on any atom is -0.431 e. The molecule has 0 bridgehead atoms. The predicted octanol–water partition coefficient (Wildman–Crippen LogP) is 5.12. The summed E-state index contributed by atoms with van der Waals surface area (Å²) in [4.78, 5) is 34.9. The van der Waals surface area contributed by atoms with E-state index in [9.17, 15) is 35.9 Å². The Hall–Kier alpha value is -5.54. The molecule has 0 aliphatic heterocycles. The fraction of sp³-hybridized carbons (Fsp3) is 0.250. The van der Waals surface area contributed by atoms with E-state index in [2.05, 4.69) is 9.97 Å². The molecule has 5 aromatic rings. The molecule has 5 rings (SSSR count). The second-order valence-corrected chi connectivity index (χ2v) is 11.1. The molecule has 0 atom stereocenters. The van der Waals surface area contributed by atoms with E-state index < -0.39 is 35.3 Å². The van der Waals surface area contributed by atoms with Crippen molar-refractivity contribution < 1.29 is 53.9 Å². The number of carbonyl (C=O) groups is 2. The van der Waals surface area contributed by atoms with Crippen molar-refractivity contribution in [2.45, 2.75) is 25.4 Å². The van der Waals surface area contributed by atoms with Gasteiger partial charge in [-0.15, -0.1) is 0 Å². The fourth-order valence-electron chi connectivity index (χ4n) is 4.45. The minimum atomic E-state index is -4.89. The molecule has 0 N–H and O–H groups in total. The van der Waals surface area contributed by atoms with E-state index >= 15 is 0 Å². The van der Waals surface area contributed by atoms with Gasteiger partial charge in [0.25, 0.3) is 11.8 Å². The van der Waals surface area contributed by atoms with Crippen LogP contribution in [0, 0.1) is 0 Å². The second kappa shape index (κ2) is 12.9. The van der Waals surface area contributed by atoms with E-state index in [0.717, 1.165) is 0 Å². The van der Waals surface area contributed by atoms with Crippen LogP contribution >= 0.6 is 0 Å². The van der Waals surface area contributed by atoms with E-state index in [1.54, 1.807) is 28.2 Å². The van der Waals surface area contributed by atoms with Crippen molar-refractivity contribution in [2.75, 3.05) is 28.2 Å². The third-order valence-electron chi connectivity index (χ3n) is 7.11. The lowest BCUT2D eigenvalue weighted by Gasteiger charge is -2.07. The van der Waals surface area contributed by atoms with Crippen LogP contribution in [-0.4, -0.2) is 59.8 Å². The lowest BCUT2D eigenvalue weighted by Crippen LogP contribution is -2.41. The first-order valence-electron chi connectivity index (χ1n) is 14.2. The highest BCUT2D eigenvalue weighted by molar-refractivity contribution is 5.74. The number of nitrogens with zero attached hydrogens (tertiary/aromatic N) is 6. The third-order valence-corrected chi connectivity index (χ3v) is 7.11. The highest BCUT2D eigenvalue weighted by Crippen LogP contribution is 2.41. The number of amides is 2. The number of alkyl halides is 6. The van der Waals surface area contributed by atoms with Gasteiger partial charge in [-0.25, -0.2) is 9.97 Å². The van der Waals surface area contributed by atoms with Crippen LogP contribution in [0.4, 0.5) is 26.3 Å². The van der Waals surface area contributed by atoms with Crippen LogP contribution in [0.3, 0.4) is 0 Å². The maximum Gasteiger partial charge on any atom is 0.451 e. The summed E-state index contributed by atoms with van der Waals surface area (Å²) in [6.45, 7) is -0.0340. The summed E-state index contributed by atoms with van der Waals surface area (Å²) in [5.74, 6) is -3.86. The van der Waals surface area contributed by atoms with E-state index in [-0.39, 0.29) is 58.9 Å². The molecule has 0 aliphatic carbocycles. The summed E-state index contributed by atoms with van der Waals surface area (Å²) in [5, 5.41) is 0. The molecule has 4 aromatic heterocycles. The standard InChI is InChI=1S/C32H28F6N6O4/c1-41(2)23(45)17-43-13-9-19(10-14-43)25-27(31(33,34)35)47-29(39-25)21-5-7-22(8-6-21)30-40-26(28(48-30)32(36,37)38)20-11-15-44(16-12-20)18-24(46)42(3)4/h5-16H,17-18H2,1-4H3/q+2. The summed E-state index contributed by atoms with van der Waals surface area (Å²) in [6, 6.07) is 10.8. The maximum atomic E-state index is 14.0. The van der Waals surface area contributed by atoms with Crippen LogP contribution in [-0.2, 0) is 35.0 Å². The Morgan fingerprint density at radius 2 is 0.896 bits per heavy atom. The SMILES string of the molecule is CN(C)C(=O)C[n+]1ccc(-c2nc(-c3ccc(-c4nc(-c5cc[n+](CC(=O)N(C)C)cc5)c(C(F)(F)F)o4)cc3)oc2C(F)(F)F)cc1. The molecule has 0 aliphatic rings. The third kappa shape index (κ3) is 7.37. The van der Waals surface area contributed by atoms with Crippen molar-refractivity contribution in [3.05, 3.63) is 84.8 Å². The lowest BCUT2D eigenvalue weighted by atomic mass is 10.1. The van der Waals surface area contributed by atoms with E-state index in [1.807, 2.05) is 0 Å². The smallest absolute Gasteiger partial charge is 0.431 e. The van der Waals surface area contributed by atoms with Crippen molar-refractivity contribution in [2.24, 2.45) is 0 Å². The largest absolute Gasteiger partial charge is 0.451 e. The number of rotatable bonds is 8. The number of likely N-dealkylation sites (N-methyl/N-ethyl adjacent to an activating group) is 2. The van der Waals surface area contributed by atoms with Crippen LogP contribution in [0.5, 0.6) is 0 Å². The van der Waals surface area contributed by atoms with Gasteiger partial charge in [-0.2, -0.15) is 35.5 Å². The van der Waals surface area contributed by atoms with Crippen LogP contribution in [0.25, 0.3) is 45.4 Å². The van der Waals surface area contributed by atoms with Crippen LogP contribution in [0.15, 0.2) is 82.2 Å². The highest BCUT2D eigenvalue weighted by Gasteiger charge is 2.41. The van der Waals surface area contributed by atoms with Gasteiger partial charge in [0, 0.05) is 74.7 Å². The van der Waals surface area contributed by atoms with Gasteiger partial charge in [0.2, 0.25) is 36.4 Å². The van der Waals surface area contributed by atoms with Crippen LogP contribution < -0.4 is 9.13 Å². The molecule has 0 spiro atoms. The average molecular weight is 675 g/mol. The Bertz CT molecular complexity index is 1790. The number of hydrogen-bond donors (Lipinski definition) is 0. The summed E-state index contributed by atoms with van der Waals surface area (Å²) < 4.78 is 97.0. The summed E-state index contributed by atoms with van der Waals surface area (Å²) in [6.07, 6.45) is -4.01. The predicted molar refractivity (Wildman–Crippen MR) is 156 cm³/mol. The van der Waals surface area contributed by atoms with Gasteiger partial charge in [0.1, 0.15) is 11.4 Å². The first kappa shape index (κ1) is 33.8. The number of halogens is 6. The van der Waals surface area contributed by atoms with Crippen molar-refractivity contribution in [1.82, 2.24) is 19.8 Å². The summed E-state index contributed by atoms with van der Waals surface area (Å²) in [5.41, 5.74) is -0.554. The molecule has 0 radical (unpaired) electrons. The maximum absolute atomic E-state index is 14.0. The van der Waals surface area contributed by atoms with Gasteiger partial charge in [0.05, 0.1) is 0 Å². The highest BCUT2D eigenvalue weighted by atomic mass is 19.4. The Morgan fingerprint density at radius 1 is 0.583 bits per heavy atom. The first-order valence-corrected chi connectivity index (χ1v) is 14.2. The molecule has 0 fully saturated rings. The van der Waals surface area contributed by atoms with E-state index in [0.29, 0.717) is 0 Å². The lowest BCUT2D eigenvalue weighted by molar-refractivity contribution is -0.685. The van der Waals surface area contributed by atoms with Gasteiger partial charge in [-0.1, -0.05) is 0 Å². The Kier molecular flexibility index (Phi) is 9.11. The zero-order valence-corrected chi connectivity index (χ0v) is 25.9. The zero-order valence-electron chi connectivity index (χ0n) is 25.9. The quantitative estimate of drug-likeness (QED) is 0.168. The molecule has 1 aromatic carbocycles. The molecule has 16 heteroatoms. The number of aromatic nitrogens is 4. The van der Waals surface area contributed by atoms with Gasteiger partial charge in [-0.3, -0.25) is 9.59 Å². The number of hydrogen-bond acceptors (Lipinski definition) is 6. The van der Waals surface area contributed by atoms with Crippen molar-refractivity contribution in [3.63, 3.8) is 0 Å². The van der Waals surface area contributed by atoms with E-state index in [1.165, 1.54) is 92.3 Å². The van der Waals surface area contributed by atoms with Gasteiger partial charge in [-0.05, 0) is 24.3 Å². The van der Waals surface area contributed by atoms with Crippen molar-refractivity contribution in [3.8, 4) is 45.4 Å². The monoisotopic (exact) mass is 674 g/mol. The molecule has 0 unspecified atom stereocenters. The zero-order chi connectivity index (χ0) is 35.0. The van der Waals surface area contributed by atoms with Crippen molar-refractivity contribution in [1.29, 1.82) is 0 Å². The molecule has 4 heterocycles. The molecule has 2 amide bonds. The topological polar surface area (TPSA) is 100 Å². The molecule has 250 valence electrons. The van der Waals surface area contributed by atoms with E-state index in [4.69, 9.17) is 8.83 Å². The minimum absolute atomic E-state index is 0.0170. The van der Waals surface area contributed by atoms with Crippen LogP contribution in [0.2, 0.25) is 0 Å². The van der Waals surface area contributed by atoms with Gasteiger partial charge < -0.3 is 18.6 Å². The van der Waals surface area contributed by atoms with Gasteiger partial charge in [0.15, 0.2) is 24.8 Å². The van der Waals surface area contributed by atoms with Crippen molar-refractivity contribution >= 4 is 11.8 Å². The Balaban J connectivity index is 1.44. The fourth-order valence-corrected chi connectivity index (χ4v) is 4.45. The molecule has 0 saturated heterocycles. The Morgan fingerprint density at radius 3 is 1.17 bits per heavy atom. The Labute approximate surface area is 269 Å².